The molecule has 0 amide bonds. The Balaban J connectivity index is 2.33. The third kappa shape index (κ3) is 3.17. The maximum atomic E-state index is 11.6. The Kier molecular flexibility index (Phi) is 3.93. The Bertz CT molecular complexity index is 780. The zero-order chi connectivity index (χ0) is 15.8. The third-order valence-electron chi connectivity index (χ3n) is 3.50. The van der Waals surface area contributed by atoms with E-state index in [1.54, 1.807) is 23.9 Å². The van der Waals surface area contributed by atoms with E-state index in [-0.39, 0.29) is 4.90 Å². The van der Waals surface area contributed by atoms with Crippen LogP contribution in [0.2, 0.25) is 0 Å². The summed E-state index contributed by atoms with van der Waals surface area (Å²) in [6.07, 6.45) is 1.77. The summed E-state index contributed by atoms with van der Waals surface area (Å²) < 4.78 is 24.9. The number of aryl methyl sites for hydroxylation is 1. The van der Waals surface area contributed by atoms with Crippen molar-refractivity contribution in [1.29, 1.82) is 0 Å². The predicted molar refractivity (Wildman–Crippen MR) is 82.2 cm³/mol. The zero-order valence-electron chi connectivity index (χ0n) is 12.2. The summed E-state index contributed by atoms with van der Waals surface area (Å²) in [7, 11) is -1.94. The van der Waals surface area contributed by atoms with Crippen LogP contribution in [0.1, 0.15) is 16.8 Å². The average Bonchev–Trinajstić information content (AvgIpc) is 2.69. The molecular formula is C13H19N5O2S. The number of aromatic nitrogens is 2. The van der Waals surface area contributed by atoms with E-state index in [4.69, 9.17) is 10.9 Å². The number of sulfonamides is 1. The molecule has 7 nitrogen and oxygen atoms in total. The SMILES string of the molecule is Cc1c(NCc2cnn(C)c2C)cc(N)cc1S(N)(=O)=O. The maximum Gasteiger partial charge on any atom is 0.238 e. The van der Waals surface area contributed by atoms with Gasteiger partial charge in [-0.1, -0.05) is 0 Å². The van der Waals surface area contributed by atoms with Crippen LogP contribution in [0.25, 0.3) is 0 Å². The van der Waals surface area contributed by atoms with Crippen LogP contribution >= 0.6 is 0 Å². The maximum absolute atomic E-state index is 11.6. The minimum atomic E-state index is -3.80. The van der Waals surface area contributed by atoms with Crippen LogP contribution in [0, 0.1) is 13.8 Å². The van der Waals surface area contributed by atoms with Gasteiger partial charge in [0.15, 0.2) is 0 Å². The first-order valence-electron chi connectivity index (χ1n) is 6.34. The highest BCUT2D eigenvalue weighted by atomic mass is 32.2. The summed E-state index contributed by atoms with van der Waals surface area (Å²) in [4.78, 5) is 0.0351. The molecule has 0 radical (unpaired) electrons. The van der Waals surface area contributed by atoms with Gasteiger partial charge in [-0.15, -0.1) is 0 Å². The van der Waals surface area contributed by atoms with Gasteiger partial charge in [0.25, 0.3) is 0 Å². The second kappa shape index (κ2) is 5.38. The zero-order valence-corrected chi connectivity index (χ0v) is 13.0. The smallest absolute Gasteiger partial charge is 0.238 e. The Morgan fingerprint density at radius 1 is 1.33 bits per heavy atom. The number of benzene rings is 1. The van der Waals surface area contributed by atoms with Gasteiger partial charge in [-0.05, 0) is 31.5 Å². The summed E-state index contributed by atoms with van der Waals surface area (Å²) in [6, 6.07) is 3.06. The van der Waals surface area contributed by atoms with Gasteiger partial charge in [0.05, 0.1) is 11.1 Å². The summed E-state index contributed by atoms with van der Waals surface area (Å²) in [5.41, 5.74) is 9.35. The lowest BCUT2D eigenvalue weighted by molar-refractivity contribution is 0.597. The Morgan fingerprint density at radius 2 is 2.00 bits per heavy atom. The fourth-order valence-corrected chi connectivity index (χ4v) is 2.93. The normalized spacial score (nSPS) is 11.6. The van der Waals surface area contributed by atoms with Crippen molar-refractivity contribution in [3.8, 4) is 0 Å². The molecule has 0 aliphatic rings. The minimum absolute atomic E-state index is 0.0351. The molecule has 1 aromatic carbocycles. The van der Waals surface area contributed by atoms with Gasteiger partial charge < -0.3 is 11.1 Å². The van der Waals surface area contributed by atoms with Crippen molar-refractivity contribution in [3.63, 3.8) is 0 Å². The highest BCUT2D eigenvalue weighted by Gasteiger charge is 2.15. The van der Waals surface area contributed by atoms with Crippen molar-refractivity contribution in [1.82, 2.24) is 9.78 Å². The molecule has 0 saturated carbocycles. The summed E-state index contributed by atoms with van der Waals surface area (Å²) >= 11 is 0. The van der Waals surface area contributed by atoms with E-state index < -0.39 is 10.0 Å². The number of nitrogens with one attached hydrogen (secondary N) is 1. The van der Waals surface area contributed by atoms with Gasteiger partial charge in [0.1, 0.15) is 0 Å². The van der Waals surface area contributed by atoms with E-state index in [9.17, 15) is 8.42 Å². The van der Waals surface area contributed by atoms with Crippen LogP contribution in [0.4, 0.5) is 11.4 Å². The molecule has 0 bridgehead atoms. The highest BCUT2D eigenvalue weighted by Crippen LogP contribution is 2.26. The van der Waals surface area contributed by atoms with E-state index in [2.05, 4.69) is 10.4 Å². The van der Waals surface area contributed by atoms with Gasteiger partial charge in [-0.25, -0.2) is 13.6 Å². The molecule has 0 atom stereocenters. The third-order valence-corrected chi connectivity index (χ3v) is 4.53. The first-order chi connectivity index (χ1) is 9.70. The largest absolute Gasteiger partial charge is 0.399 e. The summed E-state index contributed by atoms with van der Waals surface area (Å²) in [6.45, 7) is 4.18. The Morgan fingerprint density at radius 3 is 2.52 bits per heavy atom. The molecule has 0 aliphatic heterocycles. The van der Waals surface area contributed by atoms with Crippen molar-refractivity contribution < 1.29 is 8.42 Å². The second-order valence-electron chi connectivity index (χ2n) is 4.97. The molecule has 114 valence electrons. The summed E-state index contributed by atoms with van der Waals surface area (Å²) in [5, 5.41) is 12.6. The van der Waals surface area contributed by atoms with Crippen LogP contribution in [0.15, 0.2) is 23.2 Å². The minimum Gasteiger partial charge on any atom is -0.399 e. The molecule has 0 saturated heterocycles. The molecule has 0 spiro atoms. The average molecular weight is 309 g/mol. The highest BCUT2D eigenvalue weighted by molar-refractivity contribution is 7.89. The molecule has 8 heteroatoms. The second-order valence-corrected chi connectivity index (χ2v) is 6.50. The molecule has 21 heavy (non-hydrogen) atoms. The van der Waals surface area contributed by atoms with Crippen LogP contribution in [-0.2, 0) is 23.6 Å². The van der Waals surface area contributed by atoms with E-state index in [0.29, 0.717) is 23.5 Å². The quantitative estimate of drug-likeness (QED) is 0.725. The fraction of sp³-hybridized carbons (Fsp3) is 0.308. The van der Waals surface area contributed by atoms with Crippen LogP contribution in [0.3, 0.4) is 0 Å². The number of primary sulfonamides is 1. The van der Waals surface area contributed by atoms with Crippen LogP contribution in [0.5, 0.6) is 0 Å². The lowest BCUT2D eigenvalue weighted by Crippen LogP contribution is -2.15. The molecule has 2 rings (SSSR count). The Labute approximate surface area is 124 Å². The van der Waals surface area contributed by atoms with Gasteiger partial charge in [0, 0.05) is 36.2 Å². The standard InChI is InChI=1S/C13H19N5O2S/c1-8-12(4-11(14)5-13(8)21(15,19)20)16-6-10-7-17-18(3)9(10)2/h4-5,7,16H,6,14H2,1-3H3,(H2,15,19,20). The fourth-order valence-electron chi connectivity index (χ4n) is 2.10. The van der Waals surface area contributed by atoms with E-state index >= 15 is 0 Å². The van der Waals surface area contributed by atoms with Gasteiger partial charge >= 0.3 is 0 Å². The van der Waals surface area contributed by atoms with Gasteiger partial charge in [-0.3, -0.25) is 4.68 Å². The van der Waals surface area contributed by atoms with Gasteiger partial charge in [0.2, 0.25) is 10.0 Å². The van der Waals surface area contributed by atoms with E-state index in [1.165, 1.54) is 6.07 Å². The van der Waals surface area contributed by atoms with Crippen molar-refractivity contribution in [2.45, 2.75) is 25.3 Å². The van der Waals surface area contributed by atoms with Crippen molar-refractivity contribution >= 4 is 21.4 Å². The van der Waals surface area contributed by atoms with Gasteiger partial charge in [-0.2, -0.15) is 5.10 Å². The van der Waals surface area contributed by atoms with Crippen molar-refractivity contribution in [3.05, 3.63) is 35.2 Å². The van der Waals surface area contributed by atoms with Crippen LogP contribution in [-0.4, -0.2) is 18.2 Å². The number of hydrogen-bond acceptors (Lipinski definition) is 5. The number of hydrogen-bond donors (Lipinski definition) is 3. The molecular weight excluding hydrogens is 290 g/mol. The predicted octanol–water partition coefficient (Wildman–Crippen LogP) is 0.879. The molecule has 0 fully saturated rings. The first-order valence-corrected chi connectivity index (χ1v) is 7.89. The van der Waals surface area contributed by atoms with E-state index in [1.807, 2.05) is 14.0 Å². The molecule has 1 heterocycles. The first kappa shape index (κ1) is 15.3. The molecule has 0 aliphatic carbocycles. The molecule has 1 aromatic heterocycles. The topological polar surface area (TPSA) is 116 Å². The molecule has 5 N–H and O–H groups in total. The Hall–Kier alpha value is -2.06. The monoisotopic (exact) mass is 309 g/mol. The van der Waals surface area contributed by atoms with Crippen molar-refractivity contribution in [2.24, 2.45) is 12.2 Å². The lowest BCUT2D eigenvalue weighted by Gasteiger charge is -2.13. The van der Waals surface area contributed by atoms with Crippen LogP contribution < -0.4 is 16.2 Å². The number of rotatable bonds is 4. The number of anilines is 2. The molecule has 0 unspecified atom stereocenters. The van der Waals surface area contributed by atoms with E-state index in [0.717, 1.165) is 11.3 Å². The number of nitrogens with two attached hydrogens (primary N) is 2. The summed E-state index contributed by atoms with van der Waals surface area (Å²) in [5.74, 6) is 0. The van der Waals surface area contributed by atoms with Crippen molar-refractivity contribution in [2.75, 3.05) is 11.1 Å². The molecule has 2 aromatic rings. The number of nitrogens with zero attached hydrogens (tertiary/aromatic N) is 2. The number of nitrogen functional groups attached to an aromatic ring is 1. The lowest BCUT2D eigenvalue weighted by atomic mass is 10.1.